The molecule has 6 heteroatoms. The van der Waals surface area contributed by atoms with Gasteiger partial charge in [0.05, 0.1) is 13.0 Å². The van der Waals surface area contributed by atoms with Crippen LogP contribution in [0.2, 0.25) is 0 Å². The van der Waals surface area contributed by atoms with Crippen LogP contribution in [0.15, 0.2) is 0 Å². The van der Waals surface area contributed by atoms with E-state index in [2.05, 4.69) is 17.5 Å². The normalized spacial score (nSPS) is 10.7. The van der Waals surface area contributed by atoms with Gasteiger partial charge in [0.15, 0.2) is 0 Å². The Morgan fingerprint density at radius 2 is 2.08 bits per heavy atom. The average molecular weight is 208 g/mol. The summed E-state index contributed by atoms with van der Waals surface area (Å²) in [4.78, 5) is 12.1. The maximum absolute atomic E-state index is 10.3. The molecule has 0 heterocycles. The van der Waals surface area contributed by atoms with Crippen LogP contribution in [0.3, 0.4) is 0 Å². The van der Waals surface area contributed by atoms with Crippen LogP contribution in [-0.4, -0.2) is 53.9 Å². The minimum atomic E-state index is -0.818. The second-order valence-corrected chi connectivity index (χ2v) is 2.93. The molecule has 0 bridgehead atoms. The van der Waals surface area contributed by atoms with Gasteiger partial charge in [-0.05, 0) is 0 Å². The first-order chi connectivity index (χ1) is 6.20. The number of carboxylic acids is 1. The van der Waals surface area contributed by atoms with Gasteiger partial charge in [-0.25, -0.2) is 0 Å². The van der Waals surface area contributed by atoms with Crippen molar-refractivity contribution in [2.24, 2.45) is 0 Å². The number of aliphatic hydroxyl groups excluding tert-OH is 1. The van der Waals surface area contributed by atoms with Gasteiger partial charge in [0, 0.05) is 26.2 Å². The summed E-state index contributed by atoms with van der Waals surface area (Å²) in [6, 6.07) is 0. The highest BCUT2D eigenvalue weighted by molar-refractivity contribution is 7.78. The monoisotopic (exact) mass is 208 g/mol. The van der Waals surface area contributed by atoms with E-state index in [1.54, 1.807) is 0 Å². The molecule has 0 spiro atoms. The molecule has 0 aromatic carbocycles. The van der Waals surface area contributed by atoms with E-state index < -0.39 is 5.97 Å². The van der Waals surface area contributed by atoms with Gasteiger partial charge in [-0.15, -0.1) is 0 Å². The van der Waals surface area contributed by atoms with Gasteiger partial charge in [-0.2, -0.15) is 0 Å². The predicted molar refractivity (Wildman–Crippen MR) is 52.8 cm³/mol. The third-order valence-corrected chi connectivity index (χ3v) is 1.82. The minimum absolute atomic E-state index is 0.0478. The predicted octanol–water partition coefficient (Wildman–Crippen LogP) is -0.810. The molecule has 13 heavy (non-hydrogen) atoms. The number of hydrogen-bond acceptors (Lipinski definition) is 5. The van der Waals surface area contributed by atoms with E-state index in [9.17, 15) is 4.79 Å². The van der Waals surface area contributed by atoms with Crippen molar-refractivity contribution in [2.75, 3.05) is 32.8 Å². The highest BCUT2D eigenvalue weighted by atomic mass is 32.1. The first-order valence-corrected chi connectivity index (χ1v) is 4.57. The zero-order valence-corrected chi connectivity index (χ0v) is 8.33. The second-order valence-electron chi connectivity index (χ2n) is 2.62. The molecule has 78 valence electrons. The number of carbonyl (C=O) groups is 1. The Bertz CT molecular complexity index is 146. The number of carboxylic acid groups (broad SMARTS) is 1. The van der Waals surface area contributed by atoms with Gasteiger partial charge in [-0.3, -0.25) is 14.4 Å². The molecule has 3 N–H and O–H groups in total. The third-order valence-electron chi connectivity index (χ3n) is 1.60. The van der Waals surface area contributed by atoms with E-state index in [1.165, 1.54) is 0 Å². The molecule has 0 rings (SSSR count). The molecular weight excluding hydrogens is 192 g/mol. The first-order valence-electron chi connectivity index (χ1n) is 4.12. The van der Waals surface area contributed by atoms with E-state index >= 15 is 0 Å². The Morgan fingerprint density at radius 1 is 1.38 bits per heavy atom. The molecule has 0 amide bonds. The molecule has 0 fully saturated rings. The highest BCUT2D eigenvalue weighted by Gasteiger charge is 2.05. The Labute approximate surface area is 83.3 Å². The summed E-state index contributed by atoms with van der Waals surface area (Å²) < 4.78 is 2.67. The zero-order valence-electron chi connectivity index (χ0n) is 7.44. The Hall–Kier alpha value is -0.300. The van der Waals surface area contributed by atoms with Crippen LogP contribution in [0.1, 0.15) is 6.42 Å². The molecule has 0 radical (unpaired) electrons. The summed E-state index contributed by atoms with van der Waals surface area (Å²) in [6.45, 7) is 2.38. The molecule has 0 aliphatic heterocycles. The van der Waals surface area contributed by atoms with Crippen molar-refractivity contribution in [3.05, 3.63) is 0 Å². The summed E-state index contributed by atoms with van der Waals surface area (Å²) in [5.41, 5.74) is 0. The number of thiol groups is 1. The molecule has 0 atom stereocenters. The summed E-state index contributed by atoms with van der Waals surface area (Å²) in [6.07, 6.45) is 0.104. The molecule has 0 saturated carbocycles. The van der Waals surface area contributed by atoms with Crippen molar-refractivity contribution in [3.63, 3.8) is 0 Å². The number of nitrogens with zero attached hydrogens (tertiary/aromatic N) is 1. The maximum Gasteiger partial charge on any atom is 0.304 e. The van der Waals surface area contributed by atoms with Crippen molar-refractivity contribution in [1.29, 1.82) is 0 Å². The van der Waals surface area contributed by atoms with Gasteiger partial charge < -0.3 is 10.2 Å². The molecule has 0 saturated heterocycles. The van der Waals surface area contributed by atoms with Crippen LogP contribution in [0, 0.1) is 0 Å². The fraction of sp³-hybridized carbons (Fsp3) is 0.857. The Kier molecular flexibility index (Phi) is 8.11. The van der Waals surface area contributed by atoms with Crippen molar-refractivity contribution in [2.45, 2.75) is 6.42 Å². The van der Waals surface area contributed by atoms with E-state index in [-0.39, 0.29) is 13.0 Å². The second kappa shape index (κ2) is 8.31. The van der Waals surface area contributed by atoms with Crippen LogP contribution in [0.5, 0.6) is 0 Å². The molecular formula is C7H16N2O3S. The third kappa shape index (κ3) is 8.04. The summed E-state index contributed by atoms with van der Waals surface area (Å²) >= 11 is 3.82. The van der Waals surface area contributed by atoms with Crippen molar-refractivity contribution in [1.82, 2.24) is 9.62 Å². The fourth-order valence-corrected chi connectivity index (χ4v) is 1.04. The molecule has 5 nitrogen and oxygen atoms in total. The number of rotatable bonds is 8. The van der Waals surface area contributed by atoms with Gasteiger partial charge >= 0.3 is 5.97 Å². The zero-order chi connectivity index (χ0) is 10.1. The van der Waals surface area contributed by atoms with Crippen molar-refractivity contribution < 1.29 is 15.0 Å². The quantitative estimate of drug-likeness (QED) is 0.393. The smallest absolute Gasteiger partial charge is 0.304 e. The van der Waals surface area contributed by atoms with Gasteiger partial charge in [0.1, 0.15) is 0 Å². The van der Waals surface area contributed by atoms with Crippen LogP contribution < -0.4 is 4.72 Å². The standard InChI is InChI=1S/C7H16N2O3S/c10-6-5-9(4-2-8-13)3-1-7(11)12/h8,10,13H,1-6H2,(H,11,12). The lowest BCUT2D eigenvalue weighted by atomic mass is 10.3. The number of aliphatic carboxylic acids is 1. The highest BCUT2D eigenvalue weighted by Crippen LogP contribution is 1.90. The van der Waals surface area contributed by atoms with E-state index in [0.29, 0.717) is 26.2 Å². The fourth-order valence-electron chi connectivity index (χ4n) is 0.939. The van der Waals surface area contributed by atoms with Crippen LogP contribution in [-0.2, 0) is 4.79 Å². The lowest BCUT2D eigenvalue weighted by Gasteiger charge is -2.19. The van der Waals surface area contributed by atoms with E-state index in [4.69, 9.17) is 10.2 Å². The van der Waals surface area contributed by atoms with Gasteiger partial charge in [0.2, 0.25) is 0 Å². The van der Waals surface area contributed by atoms with Crippen LogP contribution in [0.25, 0.3) is 0 Å². The average Bonchev–Trinajstić information content (AvgIpc) is 2.09. The summed E-state index contributed by atoms with van der Waals surface area (Å²) in [5.74, 6) is -0.818. The number of aliphatic hydroxyl groups is 1. The lowest BCUT2D eigenvalue weighted by Crippen LogP contribution is -2.33. The summed E-state index contributed by atoms with van der Waals surface area (Å²) in [7, 11) is 0. The van der Waals surface area contributed by atoms with E-state index in [1.807, 2.05) is 4.90 Å². The minimum Gasteiger partial charge on any atom is -0.481 e. The van der Waals surface area contributed by atoms with Crippen molar-refractivity contribution in [3.8, 4) is 0 Å². The molecule has 0 aliphatic carbocycles. The lowest BCUT2D eigenvalue weighted by molar-refractivity contribution is -0.137. The van der Waals surface area contributed by atoms with Crippen LogP contribution in [0.4, 0.5) is 0 Å². The first kappa shape index (κ1) is 12.7. The Balaban J connectivity index is 3.59. The Morgan fingerprint density at radius 3 is 2.54 bits per heavy atom. The number of nitrogens with one attached hydrogen (secondary N) is 1. The molecule has 0 aromatic rings. The SMILES string of the molecule is O=C(O)CCN(CCO)CCNS. The van der Waals surface area contributed by atoms with E-state index in [0.717, 1.165) is 0 Å². The summed E-state index contributed by atoms with van der Waals surface area (Å²) in [5, 5.41) is 17.1. The maximum atomic E-state index is 10.3. The number of hydrogen-bond donors (Lipinski definition) is 4. The van der Waals surface area contributed by atoms with Gasteiger partial charge in [0.25, 0.3) is 0 Å². The molecule has 0 aromatic heterocycles. The molecule has 0 aliphatic rings. The van der Waals surface area contributed by atoms with Crippen LogP contribution >= 0.6 is 12.8 Å². The van der Waals surface area contributed by atoms with Crippen molar-refractivity contribution >= 4 is 18.8 Å². The van der Waals surface area contributed by atoms with Gasteiger partial charge in [-0.1, -0.05) is 12.8 Å². The molecule has 0 unspecified atom stereocenters. The topological polar surface area (TPSA) is 72.8 Å². The largest absolute Gasteiger partial charge is 0.481 e.